The molecule has 1 aromatic heterocycles. The zero-order chi connectivity index (χ0) is 13.9. The van der Waals surface area contributed by atoms with Crippen LogP contribution in [0.25, 0.3) is 0 Å². The van der Waals surface area contributed by atoms with Gasteiger partial charge in [0.05, 0.1) is 7.11 Å². The second kappa shape index (κ2) is 5.64. The minimum atomic E-state index is -3.76. The highest BCUT2D eigenvalue weighted by molar-refractivity contribution is 7.89. The lowest BCUT2D eigenvalue weighted by molar-refractivity contribution is 0.0602. The summed E-state index contributed by atoms with van der Waals surface area (Å²) in [7, 11) is -2.54. The predicted molar refractivity (Wildman–Crippen MR) is 70.4 cm³/mol. The summed E-state index contributed by atoms with van der Waals surface area (Å²) in [4.78, 5) is 11.6. The zero-order valence-corrected chi connectivity index (χ0v) is 12.0. The standard InChI is InChI=1S/C11H15NO4S2/c1-5-8(3)12-18(14,15)10-7(2)6-17-9(10)11(13)16-4/h5-6,8,12H,1H2,2-4H3. The summed E-state index contributed by atoms with van der Waals surface area (Å²) in [6.07, 6.45) is 1.47. The van der Waals surface area contributed by atoms with Gasteiger partial charge in [0.25, 0.3) is 0 Å². The topological polar surface area (TPSA) is 72.5 Å². The number of ether oxygens (including phenoxy) is 1. The molecule has 0 bridgehead atoms. The van der Waals surface area contributed by atoms with Gasteiger partial charge in [-0.25, -0.2) is 17.9 Å². The van der Waals surface area contributed by atoms with Crippen molar-refractivity contribution in [2.45, 2.75) is 24.8 Å². The lowest BCUT2D eigenvalue weighted by Crippen LogP contribution is -2.32. The Kier molecular flexibility index (Phi) is 4.66. The van der Waals surface area contributed by atoms with Crippen LogP contribution in [0.3, 0.4) is 0 Å². The van der Waals surface area contributed by atoms with Crippen LogP contribution in [0.5, 0.6) is 0 Å². The maximum absolute atomic E-state index is 12.2. The molecule has 0 aliphatic heterocycles. The van der Waals surface area contributed by atoms with Gasteiger partial charge in [-0.05, 0) is 24.8 Å². The second-order valence-corrected chi connectivity index (χ2v) is 6.24. The van der Waals surface area contributed by atoms with Crippen LogP contribution >= 0.6 is 11.3 Å². The van der Waals surface area contributed by atoms with E-state index in [1.54, 1.807) is 19.2 Å². The third-order valence-electron chi connectivity index (χ3n) is 2.25. The Labute approximate surface area is 111 Å². The number of rotatable bonds is 5. The SMILES string of the molecule is C=CC(C)NS(=O)(=O)c1c(C)csc1C(=O)OC. The molecule has 0 saturated heterocycles. The van der Waals surface area contributed by atoms with E-state index in [4.69, 9.17) is 0 Å². The van der Waals surface area contributed by atoms with E-state index in [2.05, 4.69) is 16.0 Å². The van der Waals surface area contributed by atoms with Crippen LogP contribution in [0.1, 0.15) is 22.2 Å². The largest absolute Gasteiger partial charge is 0.465 e. The number of aryl methyl sites for hydroxylation is 1. The number of hydrogen-bond acceptors (Lipinski definition) is 5. The summed E-state index contributed by atoms with van der Waals surface area (Å²) in [6.45, 7) is 6.80. The van der Waals surface area contributed by atoms with Crippen LogP contribution in [-0.2, 0) is 14.8 Å². The Morgan fingerprint density at radius 2 is 2.22 bits per heavy atom. The zero-order valence-electron chi connectivity index (χ0n) is 10.4. The molecule has 1 unspecified atom stereocenters. The fraction of sp³-hybridized carbons (Fsp3) is 0.364. The maximum Gasteiger partial charge on any atom is 0.349 e. The average Bonchev–Trinajstić information content (AvgIpc) is 2.70. The van der Waals surface area contributed by atoms with Crippen LogP contribution in [-0.4, -0.2) is 27.5 Å². The molecule has 0 fully saturated rings. The van der Waals surface area contributed by atoms with Gasteiger partial charge < -0.3 is 4.74 Å². The molecule has 0 aliphatic carbocycles. The molecule has 1 rings (SSSR count). The van der Waals surface area contributed by atoms with Gasteiger partial charge >= 0.3 is 5.97 Å². The van der Waals surface area contributed by atoms with Gasteiger partial charge in [0.15, 0.2) is 0 Å². The van der Waals surface area contributed by atoms with Gasteiger partial charge in [-0.1, -0.05) is 6.08 Å². The minimum absolute atomic E-state index is 0.0203. The Morgan fingerprint density at radius 1 is 1.61 bits per heavy atom. The van der Waals surface area contributed by atoms with Crippen molar-refractivity contribution in [3.8, 4) is 0 Å². The van der Waals surface area contributed by atoms with E-state index in [0.717, 1.165) is 11.3 Å². The molecule has 0 aromatic carbocycles. The van der Waals surface area contributed by atoms with Crippen molar-refractivity contribution in [3.05, 3.63) is 28.5 Å². The average molecular weight is 289 g/mol. The van der Waals surface area contributed by atoms with Crippen molar-refractivity contribution in [1.29, 1.82) is 0 Å². The van der Waals surface area contributed by atoms with E-state index in [9.17, 15) is 13.2 Å². The first kappa shape index (κ1) is 14.9. The quantitative estimate of drug-likeness (QED) is 0.661. The van der Waals surface area contributed by atoms with Crippen molar-refractivity contribution < 1.29 is 17.9 Å². The normalized spacial score (nSPS) is 13.1. The molecule has 0 aliphatic rings. The lowest BCUT2D eigenvalue weighted by Gasteiger charge is -2.11. The fourth-order valence-electron chi connectivity index (χ4n) is 1.35. The first-order valence-electron chi connectivity index (χ1n) is 5.14. The number of esters is 1. The van der Waals surface area contributed by atoms with Crippen molar-refractivity contribution in [1.82, 2.24) is 4.72 Å². The molecule has 1 N–H and O–H groups in total. The number of hydrogen-bond donors (Lipinski definition) is 1. The number of sulfonamides is 1. The third kappa shape index (κ3) is 2.98. The minimum Gasteiger partial charge on any atom is -0.465 e. The monoisotopic (exact) mass is 289 g/mol. The number of carbonyl (C=O) groups is 1. The predicted octanol–water partition coefficient (Wildman–Crippen LogP) is 1.70. The molecule has 0 amide bonds. The summed E-state index contributed by atoms with van der Waals surface area (Å²) in [5, 5.41) is 1.61. The highest BCUT2D eigenvalue weighted by Gasteiger charge is 2.28. The number of nitrogens with one attached hydrogen (secondary N) is 1. The highest BCUT2D eigenvalue weighted by atomic mass is 32.2. The van der Waals surface area contributed by atoms with E-state index in [0.29, 0.717) is 5.56 Å². The molecule has 5 nitrogen and oxygen atoms in total. The van der Waals surface area contributed by atoms with E-state index in [-0.39, 0.29) is 9.77 Å². The molecule has 1 atom stereocenters. The van der Waals surface area contributed by atoms with Crippen molar-refractivity contribution in [2.24, 2.45) is 0 Å². The van der Waals surface area contributed by atoms with Gasteiger partial charge in [-0.15, -0.1) is 17.9 Å². The summed E-state index contributed by atoms with van der Waals surface area (Å²) in [6, 6.07) is -0.417. The van der Waals surface area contributed by atoms with Gasteiger partial charge in [0.1, 0.15) is 9.77 Å². The molecule has 0 radical (unpaired) electrons. The van der Waals surface area contributed by atoms with E-state index in [1.165, 1.54) is 13.2 Å². The Morgan fingerprint density at radius 3 is 2.72 bits per heavy atom. The summed E-state index contributed by atoms with van der Waals surface area (Å²) in [5.74, 6) is -0.653. The van der Waals surface area contributed by atoms with Gasteiger partial charge in [-0.2, -0.15) is 0 Å². The molecule has 1 heterocycles. The van der Waals surface area contributed by atoms with E-state index < -0.39 is 22.0 Å². The molecule has 7 heteroatoms. The van der Waals surface area contributed by atoms with Crippen LogP contribution in [0.2, 0.25) is 0 Å². The van der Waals surface area contributed by atoms with E-state index >= 15 is 0 Å². The lowest BCUT2D eigenvalue weighted by atomic mass is 10.3. The molecule has 18 heavy (non-hydrogen) atoms. The Balaban J connectivity index is 3.27. The molecule has 1 aromatic rings. The van der Waals surface area contributed by atoms with Gasteiger partial charge in [0.2, 0.25) is 10.0 Å². The second-order valence-electron chi connectivity index (χ2n) is 3.71. The molecular weight excluding hydrogens is 274 g/mol. The van der Waals surface area contributed by atoms with Crippen LogP contribution in [0.4, 0.5) is 0 Å². The van der Waals surface area contributed by atoms with Crippen LogP contribution in [0, 0.1) is 6.92 Å². The van der Waals surface area contributed by atoms with Crippen LogP contribution < -0.4 is 4.72 Å². The van der Waals surface area contributed by atoms with Gasteiger partial charge in [0, 0.05) is 6.04 Å². The molecule has 100 valence electrons. The Hall–Kier alpha value is -1.18. The fourth-order valence-corrected chi connectivity index (χ4v) is 4.27. The number of thiophene rings is 1. The van der Waals surface area contributed by atoms with Crippen molar-refractivity contribution in [3.63, 3.8) is 0 Å². The molecule has 0 saturated carbocycles. The summed E-state index contributed by atoms with van der Waals surface area (Å²) < 4.78 is 31.3. The van der Waals surface area contributed by atoms with E-state index in [1.807, 2.05) is 0 Å². The Bertz CT molecular complexity index is 560. The first-order chi connectivity index (χ1) is 8.33. The van der Waals surface area contributed by atoms with Gasteiger partial charge in [-0.3, -0.25) is 0 Å². The summed E-state index contributed by atoms with van der Waals surface area (Å²) >= 11 is 1.05. The van der Waals surface area contributed by atoms with Crippen LogP contribution in [0.15, 0.2) is 22.9 Å². The first-order valence-corrected chi connectivity index (χ1v) is 7.51. The third-order valence-corrected chi connectivity index (χ3v) is 5.20. The number of methoxy groups -OCH3 is 1. The summed E-state index contributed by atoms with van der Waals surface area (Å²) in [5.41, 5.74) is 0.518. The smallest absolute Gasteiger partial charge is 0.349 e. The number of carbonyl (C=O) groups excluding carboxylic acids is 1. The van der Waals surface area contributed by atoms with Crippen molar-refractivity contribution in [2.75, 3.05) is 7.11 Å². The molecule has 0 spiro atoms. The molecular formula is C11H15NO4S2. The maximum atomic E-state index is 12.2. The van der Waals surface area contributed by atoms with Crippen molar-refractivity contribution >= 4 is 27.3 Å². The highest BCUT2D eigenvalue weighted by Crippen LogP contribution is 2.27.